The molecule has 0 aromatic carbocycles. The molecule has 2 atom stereocenters. The minimum absolute atomic E-state index is 0. The maximum atomic E-state index is 13.0. The van der Waals surface area contributed by atoms with Crippen molar-refractivity contribution in [2.24, 2.45) is 5.92 Å². The molecule has 5 nitrogen and oxygen atoms in total. The van der Waals surface area contributed by atoms with Crippen molar-refractivity contribution in [2.45, 2.75) is 51.3 Å². The predicted molar refractivity (Wildman–Crippen MR) is 109 cm³/mol. The molecule has 0 saturated carbocycles. The van der Waals surface area contributed by atoms with Gasteiger partial charge in [0.15, 0.2) is 0 Å². The van der Waals surface area contributed by atoms with E-state index in [0.717, 1.165) is 64.3 Å². The van der Waals surface area contributed by atoms with Crippen LogP contribution < -0.4 is 10.9 Å². The molecule has 2 saturated heterocycles. The summed E-state index contributed by atoms with van der Waals surface area (Å²) in [6.07, 6.45) is 3.80. The number of nitrogens with zero attached hydrogens (tertiary/aromatic N) is 2. The number of likely N-dealkylation sites (tertiary alicyclic amines) is 1. The van der Waals surface area contributed by atoms with Gasteiger partial charge in [-0.15, -0.1) is 24.8 Å². The van der Waals surface area contributed by atoms with Crippen molar-refractivity contribution >= 4 is 24.8 Å². The Morgan fingerprint density at radius 2 is 1.96 bits per heavy atom. The molecule has 0 radical (unpaired) electrons. The Kier molecular flexibility index (Phi) is 7.98. The van der Waals surface area contributed by atoms with E-state index in [1.54, 1.807) is 0 Å². The molecule has 0 amide bonds. The third kappa shape index (κ3) is 4.45. The number of halogens is 2. The van der Waals surface area contributed by atoms with Crippen LogP contribution in [0.25, 0.3) is 0 Å². The Bertz CT molecular complexity index is 644. The number of pyridine rings is 1. The molecule has 7 heteroatoms. The van der Waals surface area contributed by atoms with Crippen LogP contribution >= 0.6 is 24.8 Å². The van der Waals surface area contributed by atoms with Crippen LogP contribution in [0.3, 0.4) is 0 Å². The van der Waals surface area contributed by atoms with Crippen LogP contribution in [0.15, 0.2) is 16.9 Å². The van der Waals surface area contributed by atoms with Crippen molar-refractivity contribution in [3.63, 3.8) is 0 Å². The number of rotatable bonds is 4. The van der Waals surface area contributed by atoms with Crippen molar-refractivity contribution in [1.29, 1.82) is 0 Å². The van der Waals surface area contributed by atoms with Gasteiger partial charge in [0.1, 0.15) is 0 Å². The van der Waals surface area contributed by atoms with Crippen LogP contribution in [-0.2, 0) is 17.8 Å². The molecule has 2 bridgehead atoms. The Morgan fingerprint density at radius 1 is 1.19 bits per heavy atom. The molecule has 26 heavy (non-hydrogen) atoms. The van der Waals surface area contributed by atoms with Gasteiger partial charge in [0.2, 0.25) is 0 Å². The second kappa shape index (κ2) is 9.56. The molecule has 2 fully saturated rings. The number of nitrogens with one attached hydrogen (secondary N) is 1. The maximum absolute atomic E-state index is 13.0. The molecule has 1 N–H and O–H groups in total. The number of piperidine rings is 2. The summed E-state index contributed by atoms with van der Waals surface area (Å²) in [6, 6.07) is 4.29. The van der Waals surface area contributed by atoms with Crippen LogP contribution in [-0.4, -0.2) is 48.4 Å². The van der Waals surface area contributed by atoms with E-state index in [4.69, 9.17) is 4.74 Å². The molecule has 4 heterocycles. The third-order valence-corrected chi connectivity index (χ3v) is 5.92. The van der Waals surface area contributed by atoms with Crippen LogP contribution in [0.1, 0.15) is 43.4 Å². The number of ether oxygens (including phenoxy) is 1. The van der Waals surface area contributed by atoms with E-state index in [0.29, 0.717) is 17.9 Å². The number of aromatic nitrogens is 1. The number of hydrogen-bond acceptors (Lipinski definition) is 4. The van der Waals surface area contributed by atoms with E-state index in [-0.39, 0.29) is 30.4 Å². The largest absolute Gasteiger partial charge is 0.378 e. The van der Waals surface area contributed by atoms with Crippen LogP contribution in [0.5, 0.6) is 0 Å². The van der Waals surface area contributed by atoms with Gasteiger partial charge in [0, 0.05) is 56.5 Å². The molecule has 1 aromatic rings. The van der Waals surface area contributed by atoms with E-state index in [1.165, 1.54) is 12.1 Å². The highest BCUT2D eigenvalue weighted by Gasteiger charge is 2.31. The van der Waals surface area contributed by atoms with Crippen LogP contribution in [0.4, 0.5) is 0 Å². The molecule has 0 spiro atoms. The Morgan fingerprint density at radius 3 is 2.69 bits per heavy atom. The lowest BCUT2D eigenvalue weighted by Gasteiger charge is -2.38. The fourth-order valence-electron chi connectivity index (χ4n) is 4.67. The number of hydrogen-bond donors (Lipinski definition) is 1. The summed E-state index contributed by atoms with van der Waals surface area (Å²) in [5.74, 6) is 1.13. The summed E-state index contributed by atoms with van der Waals surface area (Å²) in [6.45, 7) is 8.66. The molecular formula is C19H31Cl2N3O2. The van der Waals surface area contributed by atoms with Gasteiger partial charge >= 0.3 is 0 Å². The Hall–Kier alpha value is -0.590. The van der Waals surface area contributed by atoms with E-state index < -0.39 is 0 Å². The monoisotopic (exact) mass is 403 g/mol. The molecule has 4 rings (SSSR count). The van der Waals surface area contributed by atoms with Gasteiger partial charge in [0.25, 0.3) is 5.56 Å². The van der Waals surface area contributed by atoms with Crippen molar-refractivity contribution < 1.29 is 4.74 Å². The maximum Gasteiger partial charge on any atom is 0.255 e. The first-order chi connectivity index (χ1) is 11.7. The normalized spacial score (nSPS) is 25.7. The molecule has 3 aliphatic heterocycles. The minimum atomic E-state index is 0. The average Bonchev–Trinajstić information content (AvgIpc) is 2.60. The highest BCUT2D eigenvalue weighted by molar-refractivity contribution is 5.85. The van der Waals surface area contributed by atoms with E-state index in [9.17, 15) is 4.79 Å². The van der Waals surface area contributed by atoms with Gasteiger partial charge in [-0.25, -0.2) is 0 Å². The van der Waals surface area contributed by atoms with Gasteiger partial charge in [-0.2, -0.15) is 0 Å². The van der Waals surface area contributed by atoms with Gasteiger partial charge in [-0.3, -0.25) is 9.69 Å². The van der Waals surface area contributed by atoms with Gasteiger partial charge in [-0.1, -0.05) is 6.07 Å². The quantitative estimate of drug-likeness (QED) is 0.837. The third-order valence-electron chi connectivity index (χ3n) is 5.92. The first-order valence-electron chi connectivity index (χ1n) is 9.52. The summed E-state index contributed by atoms with van der Waals surface area (Å²) in [5.41, 5.74) is 2.44. The molecule has 1 aromatic heterocycles. The standard InChI is InChI=1S/C19H29N3O2.2ClH/c1-2-24-17-5-7-21(8-6-17)13-15-3-4-18-16-9-14(10-20-11-16)12-22(18)19(15)23;;/h3-4,14,16-17,20H,2,5-13H2,1H3;2*1H/t14-,16+;;/m0../s1. The van der Waals surface area contributed by atoms with E-state index in [1.807, 2.05) is 0 Å². The average molecular weight is 404 g/mol. The zero-order valence-corrected chi connectivity index (χ0v) is 17.1. The second-order valence-electron chi connectivity index (χ2n) is 7.59. The minimum Gasteiger partial charge on any atom is -0.378 e. The predicted octanol–water partition coefficient (Wildman–Crippen LogP) is 2.40. The SMILES string of the molecule is CCOC1CCN(Cc2ccc3n(c2=O)C[C@@H]2CNC[C@H]3C2)CC1.Cl.Cl. The molecule has 0 aliphatic carbocycles. The Balaban J connectivity index is 0.00000121. The van der Waals surface area contributed by atoms with E-state index in [2.05, 4.69) is 33.8 Å². The zero-order valence-electron chi connectivity index (χ0n) is 15.5. The molecule has 148 valence electrons. The summed E-state index contributed by atoms with van der Waals surface area (Å²) >= 11 is 0. The van der Waals surface area contributed by atoms with Crippen molar-refractivity contribution in [1.82, 2.24) is 14.8 Å². The smallest absolute Gasteiger partial charge is 0.255 e. The highest BCUT2D eigenvalue weighted by Crippen LogP contribution is 2.31. The van der Waals surface area contributed by atoms with Gasteiger partial charge in [-0.05, 0) is 44.7 Å². The van der Waals surface area contributed by atoms with Crippen molar-refractivity contribution in [3.05, 3.63) is 33.7 Å². The molecular weight excluding hydrogens is 373 g/mol. The highest BCUT2D eigenvalue weighted by atomic mass is 35.5. The first kappa shape index (κ1) is 21.7. The van der Waals surface area contributed by atoms with Crippen molar-refractivity contribution in [2.75, 3.05) is 32.8 Å². The molecule has 0 unspecified atom stereocenters. The summed E-state index contributed by atoms with van der Waals surface area (Å²) in [7, 11) is 0. The zero-order chi connectivity index (χ0) is 16.5. The topological polar surface area (TPSA) is 46.5 Å². The fraction of sp³-hybridized carbons (Fsp3) is 0.737. The van der Waals surface area contributed by atoms with Crippen LogP contribution in [0, 0.1) is 5.92 Å². The summed E-state index contributed by atoms with van der Waals surface area (Å²) in [4.78, 5) is 15.4. The lowest BCUT2D eigenvalue weighted by molar-refractivity contribution is 0.0124. The fourth-order valence-corrected chi connectivity index (χ4v) is 4.67. The summed E-state index contributed by atoms with van der Waals surface area (Å²) < 4.78 is 7.79. The van der Waals surface area contributed by atoms with E-state index >= 15 is 0 Å². The lowest BCUT2D eigenvalue weighted by Crippen LogP contribution is -2.46. The Labute approximate surface area is 168 Å². The van der Waals surface area contributed by atoms with Crippen LogP contribution in [0.2, 0.25) is 0 Å². The second-order valence-corrected chi connectivity index (χ2v) is 7.59. The van der Waals surface area contributed by atoms with Gasteiger partial charge in [0.05, 0.1) is 6.10 Å². The number of fused-ring (bicyclic) bond motifs is 4. The lowest BCUT2D eigenvalue weighted by atomic mass is 9.84. The van der Waals surface area contributed by atoms with Gasteiger partial charge < -0.3 is 14.6 Å². The van der Waals surface area contributed by atoms with Crippen molar-refractivity contribution in [3.8, 4) is 0 Å². The summed E-state index contributed by atoms with van der Waals surface area (Å²) in [5, 5.41) is 3.51. The first-order valence-corrected chi connectivity index (χ1v) is 9.52. The molecule has 3 aliphatic rings.